The monoisotopic (exact) mass is 446 g/mol. The summed E-state index contributed by atoms with van der Waals surface area (Å²) in [6.45, 7) is 1.93. The van der Waals surface area contributed by atoms with Gasteiger partial charge in [-0.25, -0.2) is 0 Å². The number of likely N-dealkylation sites (N-methyl/N-ethyl adjacent to an activating group) is 1. The lowest BCUT2D eigenvalue weighted by Gasteiger charge is -2.34. The van der Waals surface area contributed by atoms with Crippen molar-refractivity contribution < 1.29 is 19.5 Å². The molecule has 166 valence electrons. The van der Waals surface area contributed by atoms with Gasteiger partial charge in [0.1, 0.15) is 18.8 Å². The molecule has 1 unspecified atom stereocenters. The largest absolute Gasteiger partial charge is 0.480 e. The molecule has 9 heteroatoms. The molecule has 0 saturated heterocycles. The van der Waals surface area contributed by atoms with Crippen molar-refractivity contribution in [1.82, 2.24) is 19.6 Å². The summed E-state index contributed by atoms with van der Waals surface area (Å²) in [5, 5.41) is 14.2. The molecule has 0 bridgehead atoms. The number of aromatic nitrogens is 2. The third-order valence-electron chi connectivity index (χ3n) is 5.42. The first-order valence-electron chi connectivity index (χ1n) is 10.4. The molecule has 31 heavy (non-hydrogen) atoms. The van der Waals surface area contributed by atoms with Crippen LogP contribution in [-0.4, -0.2) is 69.2 Å². The summed E-state index contributed by atoms with van der Waals surface area (Å²) in [5.41, 5.74) is 1.97. The average Bonchev–Trinajstić information content (AvgIpc) is 3.17. The van der Waals surface area contributed by atoms with Crippen LogP contribution in [0, 0.1) is 0 Å². The van der Waals surface area contributed by atoms with E-state index in [1.165, 1.54) is 11.9 Å². The summed E-state index contributed by atoms with van der Waals surface area (Å²) in [6, 6.07) is 8.97. The highest BCUT2D eigenvalue weighted by Crippen LogP contribution is 2.29. The Morgan fingerprint density at radius 1 is 1.26 bits per heavy atom. The van der Waals surface area contributed by atoms with Gasteiger partial charge >= 0.3 is 5.97 Å². The van der Waals surface area contributed by atoms with Crippen LogP contribution in [0.5, 0.6) is 0 Å². The van der Waals surface area contributed by atoms with E-state index >= 15 is 0 Å². The first-order chi connectivity index (χ1) is 14.8. The molecule has 1 aliphatic rings. The maximum atomic E-state index is 13.1. The lowest BCUT2D eigenvalue weighted by molar-refractivity contribution is -0.143. The number of benzene rings is 1. The molecule has 2 aromatic rings. The molecule has 1 atom stereocenters. The van der Waals surface area contributed by atoms with Crippen LogP contribution >= 0.6 is 11.6 Å². The van der Waals surface area contributed by atoms with Crippen LogP contribution in [0.15, 0.2) is 30.3 Å². The first kappa shape index (κ1) is 22.8. The number of fused-ring (bicyclic) bond motifs is 1. The minimum atomic E-state index is -1.09. The molecule has 1 aliphatic heterocycles. The number of rotatable bonds is 9. The number of halogens is 1. The minimum absolute atomic E-state index is 0.0436. The number of carbonyl (C=O) groups is 3. The highest BCUT2D eigenvalue weighted by molar-refractivity contribution is 6.30. The Morgan fingerprint density at radius 3 is 2.61 bits per heavy atom. The van der Waals surface area contributed by atoms with Gasteiger partial charge in [-0.05, 0) is 24.6 Å². The Balaban J connectivity index is 1.86. The van der Waals surface area contributed by atoms with Crippen molar-refractivity contribution in [3.05, 3.63) is 41.0 Å². The number of carboxylic acids is 1. The van der Waals surface area contributed by atoms with Crippen LogP contribution in [-0.2, 0) is 9.59 Å². The van der Waals surface area contributed by atoms with Gasteiger partial charge in [-0.2, -0.15) is 5.10 Å². The zero-order chi connectivity index (χ0) is 22.5. The minimum Gasteiger partial charge on any atom is -0.480 e. The molecule has 0 aliphatic carbocycles. The Kier molecular flexibility index (Phi) is 7.33. The summed E-state index contributed by atoms with van der Waals surface area (Å²) in [6.07, 6.45) is 3.98. The van der Waals surface area contributed by atoms with Crippen molar-refractivity contribution >= 4 is 29.4 Å². The molecule has 1 aromatic heterocycles. The van der Waals surface area contributed by atoms with Crippen molar-refractivity contribution in [3.8, 4) is 11.3 Å². The molecule has 2 amide bonds. The number of hydrogen-bond donors (Lipinski definition) is 1. The predicted octanol–water partition coefficient (Wildman–Crippen LogP) is 3.32. The smallest absolute Gasteiger partial charge is 0.323 e. The van der Waals surface area contributed by atoms with Gasteiger partial charge in [0, 0.05) is 24.2 Å². The predicted molar refractivity (Wildman–Crippen MR) is 117 cm³/mol. The van der Waals surface area contributed by atoms with E-state index in [2.05, 4.69) is 6.92 Å². The Morgan fingerprint density at radius 2 is 1.97 bits per heavy atom. The Hall–Kier alpha value is -2.87. The van der Waals surface area contributed by atoms with Crippen molar-refractivity contribution in [2.75, 3.05) is 26.7 Å². The van der Waals surface area contributed by atoms with Gasteiger partial charge < -0.3 is 14.9 Å². The highest BCUT2D eigenvalue weighted by Gasteiger charge is 2.34. The molecule has 0 saturated carbocycles. The average molecular weight is 447 g/mol. The van der Waals surface area contributed by atoms with Crippen molar-refractivity contribution in [3.63, 3.8) is 0 Å². The summed E-state index contributed by atoms with van der Waals surface area (Å²) < 4.78 is 1.78. The summed E-state index contributed by atoms with van der Waals surface area (Å²) in [5.74, 6) is -1.78. The molecular weight excluding hydrogens is 420 g/mol. The zero-order valence-electron chi connectivity index (χ0n) is 17.8. The summed E-state index contributed by atoms with van der Waals surface area (Å²) in [4.78, 5) is 39.1. The van der Waals surface area contributed by atoms with E-state index in [1.54, 1.807) is 22.9 Å². The van der Waals surface area contributed by atoms with E-state index in [4.69, 9.17) is 21.8 Å². The number of aliphatic carboxylic acids is 1. The van der Waals surface area contributed by atoms with Crippen LogP contribution < -0.4 is 0 Å². The summed E-state index contributed by atoms with van der Waals surface area (Å²) in [7, 11) is 1.42. The van der Waals surface area contributed by atoms with Gasteiger partial charge in [0.2, 0.25) is 5.91 Å². The quantitative estimate of drug-likeness (QED) is 0.596. The van der Waals surface area contributed by atoms with Crippen molar-refractivity contribution in [2.45, 2.75) is 38.6 Å². The van der Waals surface area contributed by atoms with Gasteiger partial charge in [0.15, 0.2) is 0 Å². The van der Waals surface area contributed by atoms with Crippen LogP contribution in [0.25, 0.3) is 11.3 Å². The molecule has 3 rings (SSSR count). The maximum Gasteiger partial charge on any atom is 0.323 e. The lowest BCUT2D eigenvalue weighted by Crippen LogP contribution is -2.48. The SMILES string of the molecule is CCCCCC1CN(CC(=O)N(C)CC(=O)O)C(=O)c2cc(-c3ccc(Cl)cc3)nn21. The van der Waals surface area contributed by atoms with E-state index in [0.717, 1.165) is 36.1 Å². The third-order valence-corrected chi connectivity index (χ3v) is 5.68. The number of amides is 2. The standard InChI is InChI=1S/C22H27ClN4O4/c1-3-4-5-6-17-12-26(13-20(28)25(2)14-21(29)30)22(31)19-11-18(24-27(17)19)15-7-9-16(23)10-8-15/h7-11,17H,3-6,12-14H2,1-2H3,(H,29,30). The van der Waals surface area contributed by atoms with Crippen LogP contribution in [0.2, 0.25) is 5.02 Å². The van der Waals surface area contributed by atoms with Gasteiger partial charge in [-0.3, -0.25) is 19.1 Å². The molecule has 0 spiro atoms. The molecule has 0 fully saturated rings. The first-order valence-corrected chi connectivity index (χ1v) is 10.8. The topological polar surface area (TPSA) is 95.7 Å². The summed E-state index contributed by atoms with van der Waals surface area (Å²) >= 11 is 5.98. The highest BCUT2D eigenvalue weighted by atomic mass is 35.5. The number of nitrogens with zero attached hydrogens (tertiary/aromatic N) is 4. The number of carboxylic acid groups (broad SMARTS) is 1. The fourth-order valence-electron chi connectivity index (χ4n) is 3.73. The number of unbranched alkanes of at least 4 members (excludes halogenated alkanes) is 2. The van der Waals surface area contributed by atoms with Crippen LogP contribution in [0.4, 0.5) is 0 Å². The molecular formula is C22H27ClN4O4. The van der Waals surface area contributed by atoms with E-state index in [0.29, 0.717) is 23.0 Å². The zero-order valence-corrected chi connectivity index (χ0v) is 18.5. The third kappa shape index (κ3) is 5.44. The van der Waals surface area contributed by atoms with Gasteiger partial charge in [0.25, 0.3) is 5.91 Å². The normalized spacial score (nSPS) is 15.6. The van der Waals surface area contributed by atoms with Gasteiger partial charge in [0.05, 0.1) is 11.7 Å². The molecule has 1 aromatic carbocycles. The van der Waals surface area contributed by atoms with Crippen LogP contribution in [0.1, 0.15) is 49.1 Å². The van der Waals surface area contributed by atoms with E-state index in [1.807, 2.05) is 12.1 Å². The molecule has 1 N–H and O–H groups in total. The van der Waals surface area contributed by atoms with Crippen molar-refractivity contribution in [2.24, 2.45) is 0 Å². The van der Waals surface area contributed by atoms with Gasteiger partial charge in [-0.1, -0.05) is 49.9 Å². The Labute approximate surface area is 186 Å². The van der Waals surface area contributed by atoms with Crippen LogP contribution in [0.3, 0.4) is 0 Å². The lowest BCUT2D eigenvalue weighted by atomic mass is 10.0. The second kappa shape index (κ2) is 9.96. The molecule has 8 nitrogen and oxygen atoms in total. The fourth-order valence-corrected chi connectivity index (χ4v) is 3.85. The molecule has 0 radical (unpaired) electrons. The second-order valence-corrected chi connectivity index (χ2v) is 8.28. The maximum absolute atomic E-state index is 13.1. The van der Waals surface area contributed by atoms with Crippen molar-refractivity contribution in [1.29, 1.82) is 0 Å². The molecule has 2 heterocycles. The Bertz CT molecular complexity index is 957. The van der Waals surface area contributed by atoms with E-state index in [9.17, 15) is 14.4 Å². The van der Waals surface area contributed by atoms with E-state index in [-0.39, 0.29) is 18.5 Å². The number of hydrogen-bond acceptors (Lipinski definition) is 4. The van der Waals surface area contributed by atoms with Gasteiger partial charge in [-0.15, -0.1) is 0 Å². The fraction of sp³-hybridized carbons (Fsp3) is 0.455. The second-order valence-electron chi connectivity index (χ2n) is 7.85. The number of carbonyl (C=O) groups excluding carboxylic acids is 2. The van der Waals surface area contributed by atoms with E-state index < -0.39 is 18.4 Å².